The van der Waals surface area contributed by atoms with E-state index in [1.54, 1.807) is 12.1 Å². The number of carbonyl (C=O) groups is 1. The van der Waals surface area contributed by atoms with Crippen molar-refractivity contribution in [2.75, 3.05) is 0 Å². The Hall–Kier alpha value is -1.07. The predicted octanol–water partition coefficient (Wildman–Crippen LogP) is 2.63. The van der Waals surface area contributed by atoms with Crippen molar-refractivity contribution in [2.45, 2.75) is 25.9 Å². The van der Waals surface area contributed by atoms with Crippen LogP contribution >= 0.6 is 27.5 Å². The fraction of sp³-hybridized carbons (Fsp3) is 0.333. The molecule has 0 aromatic heterocycles. The number of hydrogen-bond acceptors (Lipinski definition) is 3. The minimum Gasteiger partial charge on any atom is -0.354 e. The smallest absolute Gasteiger partial charge is 0.256 e. The molecule has 0 spiro atoms. The largest absolute Gasteiger partial charge is 0.354 e. The molecule has 2 rings (SSSR count). The van der Waals surface area contributed by atoms with Gasteiger partial charge in [-0.25, -0.2) is 4.99 Å². The molecule has 0 saturated heterocycles. The van der Waals surface area contributed by atoms with Crippen LogP contribution < -0.4 is 10.6 Å². The molecule has 0 radical (unpaired) electrons. The summed E-state index contributed by atoms with van der Waals surface area (Å²) < 4.78 is 0.874. The van der Waals surface area contributed by atoms with Crippen molar-refractivity contribution in [1.82, 2.24) is 10.6 Å². The van der Waals surface area contributed by atoms with Crippen LogP contribution in [0.4, 0.5) is 0 Å². The number of benzene rings is 1. The first-order valence-corrected chi connectivity index (χ1v) is 6.74. The molecule has 1 heterocycles. The number of nitrogens with zero attached hydrogens (tertiary/aromatic N) is 1. The summed E-state index contributed by atoms with van der Waals surface area (Å²) in [5.74, 6) is 0.335. The van der Waals surface area contributed by atoms with Gasteiger partial charge in [-0.2, -0.15) is 0 Å². The summed E-state index contributed by atoms with van der Waals surface area (Å²) in [6, 6.07) is 5.04. The molecule has 18 heavy (non-hydrogen) atoms. The molecule has 2 N–H and O–H groups in total. The number of rotatable bonds is 2. The van der Waals surface area contributed by atoms with Crippen LogP contribution in [0.2, 0.25) is 5.02 Å². The molecular formula is C12H13BrClN3O. The van der Waals surface area contributed by atoms with Crippen molar-refractivity contribution >= 4 is 39.4 Å². The van der Waals surface area contributed by atoms with Crippen molar-refractivity contribution < 1.29 is 4.79 Å². The highest BCUT2D eigenvalue weighted by Crippen LogP contribution is 2.30. The van der Waals surface area contributed by atoms with Crippen LogP contribution in [-0.2, 0) is 4.79 Å². The summed E-state index contributed by atoms with van der Waals surface area (Å²) in [6.45, 7) is 3.96. The van der Waals surface area contributed by atoms with Gasteiger partial charge in [-0.1, -0.05) is 33.6 Å². The molecule has 1 aliphatic rings. The van der Waals surface area contributed by atoms with E-state index in [0.717, 1.165) is 4.47 Å². The monoisotopic (exact) mass is 329 g/mol. The Labute approximate surface area is 119 Å². The number of amides is 1. The Balaban J connectivity index is 2.27. The van der Waals surface area contributed by atoms with E-state index in [1.807, 2.05) is 19.9 Å². The number of carbonyl (C=O) groups excluding carboxylic acids is 1. The molecule has 1 aliphatic heterocycles. The van der Waals surface area contributed by atoms with Crippen LogP contribution in [0.1, 0.15) is 25.5 Å². The van der Waals surface area contributed by atoms with Gasteiger partial charge in [-0.15, -0.1) is 0 Å². The molecule has 6 heteroatoms. The van der Waals surface area contributed by atoms with Crippen molar-refractivity contribution in [3.63, 3.8) is 0 Å². The quantitative estimate of drug-likeness (QED) is 0.876. The average molecular weight is 331 g/mol. The van der Waals surface area contributed by atoms with Crippen LogP contribution in [0, 0.1) is 0 Å². The maximum Gasteiger partial charge on any atom is 0.256 e. The van der Waals surface area contributed by atoms with Gasteiger partial charge >= 0.3 is 0 Å². The van der Waals surface area contributed by atoms with E-state index in [0.29, 0.717) is 16.5 Å². The zero-order valence-electron chi connectivity index (χ0n) is 10.00. The summed E-state index contributed by atoms with van der Waals surface area (Å²) in [4.78, 5) is 16.2. The summed E-state index contributed by atoms with van der Waals surface area (Å²) >= 11 is 9.46. The van der Waals surface area contributed by atoms with Gasteiger partial charge in [0.1, 0.15) is 0 Å². The number of hydrogen-bond donors (Lipinski definition) is 2. The van der Waals surface area contributed by atoms with E-state index in [9.17, 15) is 4.79 Å². The third-order valence-electron chi connectivity index (χ3n) is 2.43. The fourth-order valence-electron chi connectivity index (χ4n) is 1.69. The van der Waals surface area contributed by atoms with Gasteiger partial charge in [0, 0.05) is 21.1 Å². The number of halogens is 2. The molecule has 1 amide bonds. The normalized spacial score (nSPS) is 18.8. The molecule has 0 saturated carbocycles. The highest BCUT2D eigenvalue weighted by molar-refractivity contribution is 9.10. The van der Waals surface area contributed by atoms with Gasteiger partial charge < -0.3 is 5.32 Å². The molecule has 1 unspecified atom stereocenters. The van der Waals surface area contributed by atoms with Gasteiger partial charge in [0.25, 0.3) is 5.91 Å². The lowest BCUT2D eigenvalue weighted by Crippen LogP contribution is -2.40. The summed E-state index contributed by atoms with van der Waals surface area (Å²) in [5, 5.41) is 6.30. The maximum absolute atomic E-state index is 11.9. The first-order valence-electron chi connectivity index (χ1n) is 5.57. The molecule has 0 bridgehead atoms. The van der Waals surface area contributed by atoms with E-state index in [1.165, 1.54) is 0 Å². The average Bonchev–Trinajstić information content (AvgIpc) is 2.58. The van der Waals surface area contributed by atoms with Gasteiger partial charge in [-0.05, 0) is 26.0 Å². The van der Waals surface area contributed by atoms with E-state index >= 15 is 0 Å². The maximum atomic E-state index is 11.9. The van der Waals surface area contributed by atoms with Gasteiger partial charge in [-0.3, -0.25) is 10.1 Å². The lowest BCUT2D eigenvalue weighted by molar-refractivity contribution is -0.120. The highest BCUT2D eigenvalue weighted by atomic mass is 79.9. The lowest BCUT2D eigenvalue weighted by atomic mass is 10.1. The Morgan fingerprint density at radius 2 is 2.22 bits per heavy atom. The van der Waals surface area contributed by atoms with E-state index in [-0.39, 0.29) is 11.9 Å². The minimum absolute atomic E-state index is 0.164. The zero-order valence-corrected chi connectivity index (χ0v) is 12.3. The van der Waals surface area contributed by atoms with Crippen molar-refractivity contribution in [1.29, 1.82) is 0 Å². The Morgan fingerprint density at radius 3 is 2.83 bits per heavy atom. The first kappa shape index (κ1) is 13.4. The van der Waals surface area contributed by atoms with Crippen LogP contribution in [0.15, 0.2) is 27.7 Å². The molecule has 4 nitrogen and oxygen atoms in total. The molecule has 0 fully saturated rings. The summed E-state index contributed by atoms with van der Waals surface area (Å²) in [6.07, 6.45) is 0. The van der Waals surface area contributed by atoms with Gasteiger partial charge in [0.05, 0.1) is 0 Å². The minimum atomic E-state index is -0.577. The van der Waals surface area contributed by atoms with E-state index in [4.69, 9.17) is 11.6 Å². The van der Waals surface area contributed by atoms with Crippen molar-refractivity contribution in [3.05, 3.63) is 33.3 Å². The third kappa shape index (κ3) is 2.84. The lowest BCUT2D eigenvalue weighted by Gasteiger charge is -2.07. The molecule has 1 aromatic carbocycles. The second-order valence-electron chi connectivity index (χ2n) is 4.33. The van der Waals surface area contributed by atoms with Crippen LogP contribution in [0.5, 0.6) is 0 Å². The highest BCUT2D eigenvalue weighted by Gasteiger charge is 2.29. The predicted molar refractivity (Wildman–Crippen MR) is 75.7 cm³/mol. The second-order valence-corrected chi connectivity index (χ2v) is 5.66. The summed E-state index contributed by atoms with van der Waals surface area (Å²) in [5.41, 5.74) is 0.706. The third-order valence-corrected chi connectivity index (χ3v) is 3.25. The zero-order chi connectivity index (χ0) is 13.3. The van der Waals surface area contributed by atoms with E-state index in [2.05, 4.69) is 31.6 Å². The molecule has 96 valence electrons. The topological polar surface area (TPSA) is 53.5 Å². The Morgan fingerprint density at radius 1 is 1.50 bits per heavy atom. The Bertz CT molecular complexity index is 516. The Kier molecular flexibility index (Phi) is 3.92. The number of nitrogens with one attached hydrogen (secondary N) is 2. The number of guanidine groups is 1. The SMILES string of the molecule is CC(C)NC1=NC(c2ccc(Br)cc2Cl)C(=O)N1. The van der Waals surface area contributed by atoms with Crippen LogP contribution in [-0.4, -0.2) is 17.9 Å². The molecule has 1 atom stereocenters. The molecule has 1 aromatic rings. The standard InChI is InChI=1S/C12H13BrClN3O/c1-6(2)15-12-16-10(11(18)17-12)8-4-3-7(13)5-9(8)14/h3-6,10H,1-2H3,(H2,15,16,17,18). The van der Waals surface area contributed by atoms with Crippen molar-refractivity contribution in [2.24, 2.45) is 4.99 Å². The number of aliphatic imine (C=N–C) groups is 1. The molecular weight excluding hydrogens is 318 g/mol. The van der Waals surface area contributed by atoms with Crippen LogP contribution in [0.25, 0.3) is 0 Å². The van der Waals surface area contributed by atoms with Gasteiger partial charge in [0.2, 0.25) is 0 Å². The van der Waals surface area contributed by atoms with Crippen LogP contribution in [0.3, 0.4) is 0 Å². The second kappa shape index (κ2) is 5.28. The van der Waals surface area contributed by atoms with Crippen molar-refractivity contribution in [3.8, 4) is 0 Å². The fourth-order valence-corrected chi connectivity index (χ4v) is 2.46. The first-order chi connectivity index (χ1) is 8.47. The van der Waals surface area contributed by atoms with E-state index < -0.39 is 6.04 Å². The van der Waals surface area contributed by atoms with Gasteiger partial charge in [0.15, 0.2) is 12.0 Å². The molecule has 0 aliphatic carbocycles. The summed E-state index contributed by atoms with van der Waals surface area (Å²) in [7, 11) is 0.